The molecule has 3 heteroatoms. The number of rotatable bonds is 4. The van der Waals surface area contributed by atoms with E-state index in [0.29, 0.717) is 6.04 Å². The summed E-state index contributed by atoms with van der Waals surface area (Å²) in [7, 11) is 1.72. The Kier molecular flexibility index (Phi) is 4.90. The third-order valence-electron chi connectivity index (χ3n) is 3.67. The first-order valence-corrected chi connectivity index (χ1v) is 7.15. The molecule has 0 amide bonds. The third kappa shape index (κ3) is 3.39. The van der Waals surface area contributed by atoms with Gasteiger partial charge in [0.25, 0.3) is 0 Å². The summed E-state index contributed by atoms with van der Waals surface area (Å²) in [6.07, 6.45) is 4.86. The first kappa shape index (κ1) is 13.7. The van der Waals surface area contributed by atoms with Crippen molar-refractivity contribution in [1.29, 1.82) is 0 Å². The van der Waals surface area contributed by atoms with Crippen LogP contribution in [0.5, 0.6) is 5.75 Å². The number of alkyl halides is 1. The van der Waals surface area contributed by atoms with Crippen LogP contribution in [0.15, 0.2) is 18.2 Å². The lowest BCUT2D eigenvalue weighted by Gasteiger charge is -2.28. The molecule has 2 atom stereocenters. The molecule has 1 fully saturated rings. The van der Waals surface area contributed by atoms with Crippen molar-refractivity contribution in [1.82, 2.24) is 5.32 Å². The molecule has 1 N–H and O–H groups in total. The van der Waals surface area contributed by atoms with Gasteiger partial charge >= 0.3 is 0 Å². The molecule has 1 aliphatic carbocycles. The van der Waals surface area contributed by atoms with Crippen molar-refractivity contribution >= 4 is 11.6 Å². The fourth-order valence-corrected chi connectivity index (χ4v) is 2.97. The Morgan fingerprint density at radius 3 is 2.83 bits per heavy atom. The third-order valence-corrected chi connectivity index (χ3v) is 4.19. The van der Waals surface area contributed by atoms with Crippen LogP contribution in [0.3, 0.4) is 0 Å². The van der Waals surface area contributed by atoms with E-state index in [1.807, 2.05) is 6.07 Å². The van der Waals surface area contributed by atoms with E-state index in [2.05, 4.69) is 24.4 Å². The van der Waals surface area contributed by atoms with E-state index in [1.165, 1.54) is 30.4 Å². The minimum Gasteiger partial charge on any atom is -0.496 e. The monoisotopic (exact) mass is 267 g/mol. The van der Waals surface area contributed by atoms with Gasteiger partial charge in [0.15, 0.2) is 0 Å². The van der Waals surface area contributed by atoms with Crippen LogP contribution >= 0.6 is 11.6 Å². The maximum atomic E-state index is 6.36. The number of methoxy groups -OCH3 is 1. The Labute approximate surface area is 115 Å². The van der Waals surface area contributed by atoms with Gasteiger partial charge in [-0.25, -0.2) is 0 Å². The van der Waals surface area contributed by atoms with Gasteiger partial charge in [-0.15, -0.1) is 11.6 Å². The van der Waals surface area contributed by atoms with Crippen LogP contribution in [0.2, 0.25) is 0 Å². The summed E-state index contributed by atoms with van der Waals surface area (Å²) in [4.78, 5) is 0. The van der Waals surface area contributed by atoms with Crippen LogP contribution in [-0.2, 0) is 6.54 Å². The molecule has 0 aromatic heterocycles. The highest BCUT2D eigenvalue weighted by Crippen LogP contribution is 2.25. The van der Waals surface area contributed by atoms with Crippen molar-refractivity contribution in [2.75, 3.05) is 7.11 Å². The van der Waals surface area contributed by atoms with Gasteiger partial charge in [-0.3, -0.25) is 0 Å². The van der Waals surface area contributed by atoms with Crippen molar-refractivity contribution in [3.63, 3.8) is 0 Å². The van der Waals surface area contributed by atoms with Gasteiger partial charge in [0.1, 0.15) is 5.75 Å². The van der Waals surface area contributed by atoms with E-state index < -0.39 is 0 Å². The van der Waals surface area contributed by atoms with Gasteiger partial charge in [-0.2, -0.15) is 0 Å². The summed E-state index contributed by atoms with van der Waals surface area (Å²) >= 11 is 6.36. The molecular formula is C15H22ClNO. The van der Waals surface area contributed by atoms with Crippen molar-refractivity contribution in [3.8, 4) is 5.75 Å². The zero-order valence-electron chi connectivity index (χ0n) is 11.2. The lowest BCUT2D eigenvalue weighted by Crippen LogP contribution is -2.38. The van der Waals surface area contributed by atoms with Gasteiger partial charge in [-0.1, -0.05) is 30.5 Å². The number of aryl methyl sites for hydroxylation is 1. The van der Waals surface area contributed by atoms with Gasteiger partial charge in [0.05, 0.1) is 7.11 Å². The van der Waals surface area contributed by atoms with Crippen LogP contribution in [0, 0.1) is 6.92 Å². The molecule has 0 radical (unpaired) electrons. The van der Waals surface area contributed by atoms with Crippen LogP contribution in [0.25, 0.3) is 0 Å². The number of nitrogens with one attached hydrogen (secondary N) is 1. The van der Waals surface area contributed by atoms with Gasteiger partial charge < -0.3 is 10.1 Å². The molecule has 2 unspecified atom stereocenters. The predicted molar refractivity (Wildman–Crippen MR) is 76.5 cm³/mol. The van der Waals surface area contributed by atoms with Crippen LogP contribution in [0.4, 0.5) is 0 Å². The lowest BCUT2D eigenvalue weighted by atomic mass is 9.94. The highest BCUT2D eigenvalue weighted by molar-refractivity contribution is 6.21. The second-order valence-electron chi connectivity index (χ2n) is 5.10. The highest BCUT2D eigenvalue weighted by atomic mass is 35.5. The summed E-state index contributed by atoms with van der Waals surface area (Å²) in [5.74, 6) is 0.954. The smallest absolute Gasteiger partial charge is 0.123 e. The SMILES string of the molecule is COc1ccc(C)cc1CNC1CCCCC1Cl. The summed E-state index contributed by atoms with van der Waals surface area (Å²) < 4.78 is 5.39. The van der Waals surface area contributed by atoms with Gasteiger partial charge in [0.2, 0.25) is 0 Å². The minimum absolute atomic E-state index is 0.273. The number of halogens is 1. The first-order valence-electron chi connectivity index (χ1n) is 6.71. The van der Waals surface area contributed by atoms with Crippen LogP contribution < -0.4 is 10.1 Å². The molecule has 0 spiro atoms. The maximum absolute atomic E-state index is 6.36. The van der Waals surface area contributed by atoms with Crippen LogP contribution in [0.1, 0.15) is 36.8 Å². The summed E-state index contributed by atoms with van der Waals surface area (Å²) in [5, 5.41) is 3.85. The Morgan fingerprint density at radius 1 is 1.33 bits per heavy atom. The lowest BCUT2D eigenvalue weighted by molar-refractivity contribution is 0.370. The molecule has 0 heterocycles. The largest absolute Gasteiger partial charge is 0.496 e. The molecule has 0 saturated heterocycles. The summed E-state index contributed by atoms with van der Waals surface area (Å²) in [6.45, 7) is 2.94. The predicted octanol–water partition coefficient (Wildman–Crippen LogP) is 3.64. The van der Waals surface area contributed by atoms with E-state index in [-0.39, 0.29) is 5.38 Å². The minimum atomic E-state index is 0.273. The highest BCUT2D eigenvalue weighted by Gasteiger charge is 2.22. The van der Waals surface area contributed by atoms with E-state index in [4.69, 9.17) is 16.3 Å². The Morgan fingerprint density at radius 2 is 2.11 bits per heavy atom. The molecule has 18 heavy (non-hydrogen) atoms. The number of hydrogen-bond donors (Lipinski definition) is 1. The number of ether oxygens (including phenoxy) is 1. The second kappa shape index (κ2) is 6.44. The van der Waals surface area contributed by atoms with Gasteiger partial charge in [-0.05, 0) is 25.8 Å². The fourth-order valence-electron chi connectivity index (χ4n) is 2.60. The zero-order valence-corrected chi connectivity index (χ0v) is 12.0. The van der Waals surface area contributed by atoms with E-state index in [1.54, 1.807) is 7.11 Å². The normalized spacial score (nSPS) is 23.9. The Hall–Kier alpha value is -0.730. The average molecular weight is 268 g/mol. The molecule has 2 nitrogen and oxygen atoms in total. The summed E-state index contributed by atoms with van der Waals surface area (Å²) in [5.41, 5.74) is 2.48. The number of benzene rings is 1. The molecule has 0 bridgehead atoms. The van der Waals surface area contributed by atoms with Crippen molar-refractivity contribution in [3.05, 3.63) is 29.3 Å². The van der Waals surface area contributed by atoms with Crippen molar-refractivity contribution < 1.29 is 4.74 Å². The topological polar surface area (TPSA) is 21.3 Å². The zero-order chi connectivity index (χ0) is 13.0. The van der Waals surface area contributed by atoms with E-state index in [9.17, 15) is 0 Å². The molecule has 100 valence electrons. The summed E-state index contributed by atoms with van der Waals surface area (Å²) in [6, 6.07) is 6.72. The standard InChI is InChI=1S/C15H22ClNO/c1-11-7-8-15(18-2)12(9-11)10-17-14-6-4-3-5-13(14)16/h7-9,13-14,17H,3-6,10H2,1-2H3. The second-order valence-corrected chi connectivity index (χ2v) is 5.66. The molecule has 1 aromatic carbocycles. The molecule has 1 saturated carbocycles. The van der Waals surface area contributed by atoms with E-state index in [0.717, 1.165) is 18.7 Å². The van der Waals surface area contributed by atoms with Crippen molar-refractivity contribution in [2.24, 2.45) is 0 Å². The molecule has 1 aromatic rings. The number of hydrogen-bond acceptors (Lipinski definition) is 2. The van der Waals surface area contributed by atoms with Crippen molar-refractivity contribution in [2.45, 2.75) is 50.6 Å². The fraction of sp³-hybridized carbons (Fsp3) is 0.600. The average Bonchev–Trinajstić information content (AvgIpc) is 2.38. The van der Waals surface area contributed by atoms with E-state index >= 15 is 0 Å². The molecule has 2 rings (SSSR count). The quantitative estimate of drug-likeness (QED) is 0.841. The molecular weight excluding hydrogens is 246 g/mol. The Bertz CT molecular complexity index is 394. The molecule has 0 aliphatic heterocycles. The maximum Gasteiger partial charge on any atom is 0.123 e. The van der Waals surface area contributed by atoms with Crippen LogP contribution in [-0.4, -0.2) is 18.5 Å². The molecule has 1 aliphatic rings. The first-order chi connectivity index (χ1) is 8.70. The van der Waals surface area contributed by atoms with Gasteiger partial charge in [0, 0.05) is 23.5 Å². The Balaban J connectivity index is 1.98.